The summed E-state index contributed by atoms with van der Waals surface area (Å²) in [7, 11) is 0. The number of carbonyl (C=O) groups is 1. The second kappa shape index (κ2) is 6.90. The Kier molecular flexibility index (Phi) is 4.95. The second-order valence-electron chi connectivity index (χ2n) is 5.02. The smallest absolute Gasteiger partial charge is 0.265 e. The molecule has 2 aromatic rings. The van der Waals surface area contributed by atoms with Gasteiger partial charge in [0.05, 0.1) is 0 Å². The molecule has 2 rings (SSSR count). The maximum Gasteiger partial charge on any atom is 0.265 e. The zero-order valence-electron chi connectivity index (χ0n) is 12.5. The van der Waals surface area contributed by atoms with Crippen molar-refractivity contribution in [1.29, 1.82) is 0 Å². The minimum absolute atomic E-state index is 0.271. The van der Waals surface area contributed by atoms with Crippen LogP contribution in [-0.2, 0) is 6.54 Å². The number of anilines is 1. The van der Waals surface area contributed by atoms with E-state index in [1.165, 1.54) is 11.3 Å². The molecule has 0 saturated heterocycles. The van der Waals surface area contributed by atoms with Crippen molar-refractivity contribution in [2.75, 3.05) is 11.4 Å². The number of hydrogen-bond donors (Lipinski definition) is 2. The molecule has 0 radical (unpaired) electrons. The lowest BCUT2D eigenvalue weighted by Gasteiger charge is -2.23. The van der Waals surface area contributed by atoms with Gasteiger partial charge in [-0.2, -0.15) is 0 Å². The predicted molar refractivity (Wildman–Crippen MR) is 86.0 cm³/mol. The van der Waals surface area contributed by atoms with E-state index in [-0.39, 0.29) is 5.91 Å². The van der Waals surface area contributed by atoms with Crippen molar-refractivity contribution in [1.82, 2.24) is 5.43 Å². The number of nitrogens with one attached hydrogen (secondary N) is 1. The number of hydrazine groups is 1. The quantitative estimate of drug-likeness (QED) is 0.504. The number of rotatable bonds is 5. The molecule has 0 aromatic heterocycles. The summed E-state index contributed by atoms with van der Waals surface area (Å²) < 4.78 is 0. The number of benzene rings is 2. The molecule has 0 fully saturated rings. The number of hydrogen-bond acceptors (Lipinski definition) is 3. The average Bonchev–Trinajstić information content (AvgIpc) is 2.53. The van der Waals surface area contributed by atoms with Gasteiger partial charge in [-0.25, -0.2) is 5.84 Å². The zero-order valence-corrected chi connectivity index (χ0v) is 12.5. The van der Waals surface area contributed by atoms with E-state index in [1.54, 1.807) is 12.1 Å². The van der Waals surface area contributed by atoms with Crippen LogP contribution in [-0.4, -0.2) is 12.5 Å². The van der Waals surface area contributed by atoms with Gasteiger partial charge in [0.1, 0.15) is 0 Å². The minimum atomic E-state index is -0.271. The first-order valence-corrected chi connectivity index (χ1v) is 7.05. The van der Waals surface area contributed by atoms with Crippen LogP contribution in [0, 0.1) is 6.92 Å². The molecule has 1 amide bonds. The molecule has 0 atom stereocenters. The highest BCUT2D eigenvalue weighted by molar-refractivity contribution is 5.93. The molecule has 2 aromatic carbocycles. The number of nitrogens with two attached hydrogens (primary N) is 1. The molecular weight excluding hydrogens is 262 g/mol. The molecule has 0 unspecified atom stereocenters. The van der Waals surface area contributed by atoms with Gasteiger partial charge in [0.2, 0.25) is 0 Å². The van der Waals surface area contributed by atoms with Gasteiger partial charge in [-0.15, -0.1) is 0 Å². The van der Waals surface area contributed by atoms with E-state index in [2.05, 4.69) is 48.4 Å². The Morgan fingerprint density at radius 1 is 1.10 bits per heavy atom. The van der Waals surface area contributed by atoms with Crippen LogP contribution in [0.5, 0.6) is 0 Å². The lowest BCUT2D eigenvalue weighted by Crippen LogP contribution is -2.30. The second-order valence-corrected chi connectivity index (χ2v) is 5.02. The van der Waals surface area contributed by atoms with E-state index < -0.39 is 0 Å². The summed E-state index contributed by atoms with van der Waals surface area (Å²) >= 11 is 0. The highest BCUT2D eigenvalue weighted by atomic mass is 16.2. The van der Waals surface area contributed by atoms with Gasteiger partial charge in [-0.05, 0) is 43.7 Å². The first kappa shape index (κ1) is 15.1. The number of carbonyl (C=O) groups excluding carboxylic acids is 1. The predicted octanol–water partition coefficient (Wildman–Crippen LogP) is 2.63. The van der Waals surface area contributed by atoms with Gasteiger partial charge in [-0.1, -0.05) is 29.8 Å². The molecule has 0 aliphatic carbocycles. The molecule has 0 spiro atoms. The highest BCUT2D eigenvalue weighted by Gasteiger charge is 2.07. The van der Waals surface area contributed by atoms with Gasteiger partial charge in [0, 0.05) is 24.3 Å². The Hall–Kier alpha value is -2.33. The van der Waals surface area contributed by atoms with E-state index >= 15 is 0 Å². The van der Waals surface area contributed by atoms with Crippen LogP contribution in [0.3, 0.4) is 0 Å². The molecule has 21 heavy (non-hydrogen) atoms. The molecule has 4 nitrogen and oxygen atoms in total. The zero-order chi connectivity index (χ0) is 15.2. The minimum Gasteiger partial charge on any atom is -0.367 e. The number of amides is 1. The lowest BCUT2D eigenvalue weighted by atomic mass is 10.1. The SMILES string of the molecule is CCN(Cc1ccc(C(=O)NN)cc1)c1ccc(C)cc1. The van der Waals surface area contributed by atoms with Crippen LogP contribution in [0.15, 0.2) is 48.5 Å². The number of nitrogen functional groups attached to an aromatic ring is 1. The summed E-state index contributed by atoms with van der Waals surface area (Å²) in [5.41, 5.74) is 6.32. The molecule has 0 aliphatic rings. The summed E-state index contributed by atoms with van der Waals surface area (Å²) in [4.78, 5) is 13.7. The van der Waals surface area contributed by atoms with E-state index in [0.717, 1.165) is 18.7 Å². The first-order chi connectivity index (χ1) is 10.1. The van der Waals surface area contributed by atoms with Crippen molar-refractivity contribution in [2.45, 2.75) is 20.4 Å². The standard InChI is InChI=1S/C17H21N3O/c1-3-20(16-10-4-13(2)5-11-16)12-14-6-8-15(9-7-14)17(21)19-18/h4-11H,3,12,18H2,1-2H3,(H,19,21). The third-order valence-corrected chi connectivity index (χ3v) is 3.50. The fourth-order valence-corrected chi connectivity index (χ4v) is 2.21. The van der Waals surface area contributed by atoms with Crippen molar-refractivity contribution >= 4 is 11.6 Å². The molecule has 3 N–H and O–H groups in total. The lowest BCUT2D eigenvalue weighted by molar-refractivity contribution is 0.0953. The van der Waals surface area contributed by atoms with Crippen LogP contribution >= 0.6 is 0 Å². The van der Waals surface area contributed by atoms with Gasteiger partial charge in [-0.3, -0.25) is 10.2 Å². The van der Waals surface area contributed by atoms with Gasteiger partial charge in [0.15, 0.2) is 0 Å². The molecule has 110 valence electrons. The van der Waals surface area contributed by atoms with E-state index in [4.69, 9.17) is 5.84 Å². The molecular formula is C17H21N3O. The van der Waals surface area contributed by atoms with Crippen LogP contribution < -0.4 is 16.2 Å². The summed E-state index contributed by atoms with van der Waals surface area (Å²) in [6.45, 7) is 5.95. The first-order valence-electron chi connectivity index (χ1n) is 7.05. The number of nitrogens with zero attached hydrogens (tertiary/aromatic N) is 1. The van der Waals surface area contributed by atoms with Gasteiger partial charge in [0.25, 0.3) is 5.91 Å². The van der Waals surface area contributed by atoms with Crippen molar-refractivity contribution < 1.29 is 4.79 Å². The topological polar surface area (TPSA) is 58.4 Å². The summed E-state index contributed by atoms with van der Waals surface area (Å²) in [6, 6.07) is 16.0. The highest BCUT2D eigenvalue weighted by Crippen LogP contribution is 2.18. The fraction of sp³-hybridized carbons (Fsp3) is 0.235. The average molecular weight is 283 g/mol. The fourth-order valence-electron chi connectivity index (χ4n) is 2.21. The molecule has 4 heteroatoms. The van der Waals surface area contributed by atoms with E-state index in [0.29, 0.717) is 5.56 Å². The van der Waals surface area contributed by atoms with Crippen LogP contribution in [0.1, 0.15) is 28.4 Å². The third-order valence-electron chi connectivity index (χ3n) is 3.50. The van der Waals surface area contributed by atoms with Gasteiger partial charge >= 0.3 is 0 Å². The van der Waals surface area contributed by atoms with Crippen molar-refractivity contribution in [3.05, 3.63) is 65.2 Å². The maximum absolute atomic E-state index is 11.4. The van der Waals surface area contributed by atoms with E-state index in [1.807, 2.05) is 12.1 Å². The van der Waals surface area contributed by atoms with Crippen LogP contribution in [0.2, 0.25) is 0 Å². The van der Waals surface area contributed by atoms with Crippen molar-refractivity contribution in [3.63, 3.8) is 0 Å². The third kappa shape index (κ3) is 3.83. The molecule has 0 bridgehead atoms. The summed E-state index contributed by atoms with van der Waals surface area (Å²) in [5, 5.41) is 0. The van der Waals surface area contributed by atoms with E-state index in [9.17, 15) is 4.79 Å². The number of aryl methyl sites for hydroxylation is 1. The Morgan fingerprint density at radius 3 is 2.24 bits per heavy atom. The monoisotopic (exact) mass is 283 g/mol. The van der Waals surface area contributed by atoms with Crippen molar-refractivity contribution in [2.24, 2.45) is 5.84 Å². The van der Waals surface area contributed by atoms with Crippen molar-refractivity contribution in [3.8, 4) is 0 Å². The summed E-state index contributed by atoms with van der Waals surface area (Å²) in [5.74, 6) is 4.85. The Labute approximate surface area is 125 Å². The van der Waals surface area contributed by atoms with Crippen LogP contribution in [0.25, 0.3) is 0 Å². The molecule has 0 saturated carbocycles. The summed E-state index contributed by atoms with van der Waals surface area (Å²) in [6.07, 6.45) is 0. The molecule has 0 aliphatic heterocycles. The maximum atomic E-state index is 11.4. The Bertz CT molecular complexity index is 590. The Morgan fingerprint density at radius 2 is 1.71 bits per heavy atom. The normalized spacial score (nSPS) is 10.2. The molecule has 0 heterocycles. The Balaban J connectivity index is 2.11. The van der Waals surface area contributed by atoms with Crippen LogP contribution in [0.4, 0.5) is 5.69 Å². The van der Waals surface area contributed by atoms with Gasteiger partial charge < -0.3 is 4.90 Å². The largest absolute Gasteiger partial charge is 0.367 e.